The first-order valence-corrected chi connectivity index (χ1v) is 8.48. The van der Waals surface area contributed by atoms with Crippen LogP contribution in [0.4, 0.5) is 10.5 Å². The monoisotopic (exact) mass is 391 g/mol. The maximum absolute atomic E-state index is 12.2. The summed E-state index contributed by atoms with van der Waals surface area (Å²) >= 11 is 0. The number of ether oxygens (including phenoxy) is 2. The highest BCUT2D eigenvalue weighted by Crippen LogP contribution is 2.20. The van der Waals surface area contributed by atoms with Crippen LogP contribution >= 0.6 is 0 Å². The third kappa shape index (κ3) is 4.45. The van der Waals surface area contributed by atoms with E-state index in [4.69, 9.17) is 4.74 Å². The van der Waals surface area contributed by atoms with Gasteiger partial charge in [-0.15, -0.1) is 0 Å². The van der Waals surface area contributed by atoms with Crippen molar-refractivity contribution in [2.45, 2.75) is 25.8 Å². The molecule has 1 atom stereocenters. The van der Waals surface area contributed by atoms with Crippen molar-refractivity contribution in [1.82, 2.24) is 10.2 Å². The number of benzene rings is 1. The molecule has 0 spiro atoms. The lowest BCUT2D eigenvalue weighted by molar-refractivity contribution is -0.150. The van der Waals surface area contributed by atoms with Crippen molar-refractivity contribution in [3.63, 3.8) is 0 Å². The predicted octanol–water partition coefficient (Wildman–Crippen LogP) is 0.675. The van der Waals surface area contributed by atoms with Gasteiger partial charge in [0.05, 0.1) is 18.4 Å². The molecular formula is C18H21N3O7. The highest BCUT2D eigenvalue weighted by atomic mass is 16.5. The van der Waals surface area contributed by atoms with E-state index < -0.39 is 48.5 Å². The van der Waals surface area contributed by atoms with Crippen molar-refractivity contribution < 1.29 is 33.4 Å². The zero-order valence-corrected chi connectivity index (χ0v) is 15.7. The Morgan fingerprint density at radius 3 is 2.50 bits per heavy atom. The summed E-state index contributed by atoms with van der Waals surface area (Å²) < 4.78 is 9.45. The van der Waals surface area contributed by atoms with Crippen molar-refractivity contribution >= 4 is 35.5 Å². The fourth-order valence-electron chi connectivity index (χ4n) is 2.52. The normalized spacial score (nSPS) is 18.5. The summed E-state index contributed by atoms with van der Waals surface area (Å²) in [6.45, 7) is 2.04. The van der Waals surface area contributed by atoms with E-state index in [0.29, 0.717) is 6.42 Å². The summed E-state index contributed by atoms with van der Waals surface area (Å²) in [4.78, 5) is 60.4. The Morgan fingerprint density at radius 1 is 1.21 bits per heavy atom. The number of methoxy groups -OCH3 is 1. The van der Waals surface area contributed by atoms with Crippen LogP contribution in [0.25, 0.3) is 0 Å². The molecule has 1 aliphatic rings. The summed E-state index contributed by atoms with van der Waals surface area (Å²) in [5, 5.41) is 4.95. The zero-order valence-electron chi connectivity index (χ0n) is 15.7. The molecule has 1 saturated heterocycles. The average molecular weight is 391 g/mol. The topological polar surface area (TPSA) is 131 Å². The van der Waals surface area contributed by atoms with E-state index >= 15 is 0 Å². The zero-order chi connectivity index (χ0) is 20.9. The number of para-hydroxylation sites is 1. The quantitative estimate of drug-likeness (QED) is 0.516. The smallest absolute Gasteiger partial charge is 0.339 e. The first-order valence-electron chi connectivity index (χ1n) is 8.48. The number of hydrogen-bond acceptors (Lipinski definition) is 7. The molecule has 1 heterocycles. The number of amides is 4. The van der Waals surface area contributed by atoms with Crippen molar-refractivity contribution in [3.05, 3.63) is 29.8 Å². The minimum atomic E-state index is -1.06. The Morgan fingerprint density at radius 2 is 1.89 bits per heavy atom. The molecule has 1 aliphatic heterocycles. The lowest BCUT2D eigenvalue weighted by atomic mass is 9.99. The lowest BCUT2D eigenvalue weighted by Crippen LogP contribution is -2.43. The second kappa shape index (κ2) is 8.51. The molecule has 0 radical (unpaired) electrons. The van der Waals surface area contributed by atoms with Gasteiger partial charge in [0, 0.05) is 0 Å². The molecule has 2 N–H and O–H groups in total. The fraction of sp³-hybridized carbons (Fsp3) is 0.389. The number of carbonyl (C=O) groups is 5. The molecule has 10 heteroatoms. The highest BCUT2D eigenvalue weighted by molar-refractivity contribution is 6.08. The molecule has 150 valence electrons. The minimum Gasteiger partial charge on any atom is -0.465 e. The van der Waals surface area contributed by atoms with Crippen LogP contribution in [-0.4, -0.2) is 60.5 Å². The Balaban J connectivity index is 1.90. The highest BCUT2D eigenvalue weighted by Gasteiger charge is 2.47. The number of imide groups is 1. The number of anilines is 1. The second-order valence-electron chi connectivity index (χ2n) is 6.25. The van der Waals surface area contributed by atoms with Gasteiger partial charge in [0.1, 0.15) is 12.1 Å². The Hall–Kier alpha value is -3.43. The molecule has 1 aromatic rings. The van der Waals surface area contributed by atoms with Gasteiger partial charge in [-0.3, -0.25) is 19.3 Å². The van der Waals surface area contributed by atoms with Gasteiger partial charge in [0.2, 0.25) is 0 Å². The minimum absolute atomic E-state index is 0.142. The van der Waals surface area contributed by atoms with E-state index in [9.17, 15) is 24.0 Å². The standard InChI is InChI=1S/C18H21N3O7/c1-4-18(2)16(25)21(17(26)20-18)9-14(23)28-10-13(22)19-12-8-6-5-7-11(12)15(24)27-3/h5-8H,4,9-10H2,1-3H3,(H,19,22)(H,20,26)/t18-/m1/s1. The van der Waals surface area contributed by atoms with Crippen LogP contribution in [0.3, 0.4) is 0 Å². The summed E-state index contributed by atoms with van der Waals surface area (Å²) in [6.07, 6.45) is 0.366. The molecule has 4 amide bonds. The summed E-state index contributed by atoms with van der Waals surface area (Å²) in [5.74, 6) is -2.78. The summed E-state index contributed by atoms with van der Waals surface area (Å²) in [5.41, 5.74) is -0.724. The Labute approximate surface area is 161 Å². The van der Waals surface area contributed by atoms with E-state index in [0.717, 1.165) is 4.90 Å². The number of esters is 2. The van der Waals surface area contributed by atoms with Crippen molar-refractivity contribution in [2.75, 3.05) is 25.6 Å². The number of nitrogens with one attached hydrogen (secondary N) is 2. The van der Waals surface area contributed by atoms with Gasteiger partial charge in [0.25, 0.3) is 11.8 Å². The molecule has 0 aromatic heterocycles. The van der Waals surface area contributed by atoms with Crippen LogP contribution in [0.2, 0.25) is 0 Å². The van der Waals surface area contributed by atoms with Crippen LogP contribution in [0.15, 0.2) is 24.3 Å². The first kappa shape index (κ1) is 20.9. The number of rotatable bonds is 7. The van der Waals surface area contributed by atoms with Crippen LogP contribution in [0.5, 0.6) is 0 Å². The van der Waals surface area contributed by atoms with Gasteiger partial charge in [-0.1, -0.05) is 19.1 Å². The maximum Gasteiger partial charge on any atom is 0.339 e. The van der Waals surface area contributed by atoms with Gasteiger partial charge < -0.3 is 20.1 Å². The second-order valence-corrected chi connectivity index (χ2v) is 6.25. The molecule has 2 rings (SSSR count). The number of nitrogens with zero attached hydrogens (tertiary/aromatic N) is 1. The molecular weight excluding hydrogens is 370 g/mol. The number of urea groups is 1. The molecule has 28 heavy (non-hydrogen) atoms. The average Bonchev–Trinajstić information content (AvgIpc) is 2.90. The molecule has 0 unspecified atom stereocenters. The SMILES string of the molecule is CC[C@@]1(C)NC(=O)N(CC(=O)OCC(=O)Nc2ccccc2C(=O)OC)C1=O. The third-order valence-corrected chi connectivity index (χ3v) is 4.31. The van der Waals surface area contributed by atoms with E-state index in [1.165, 1.54) is 19.2 Å². The number of hydrogen-bond donors (Lipinski definition) is 2. The van der Waals surface area contributed by atoms with E-state index in [2.05, 4.69) is 15.4 Å². The molecule has 0 aliphatic carbocycles. The first-order chi connectivity index (χ1) is 13.2. The van der Waals surface area contributed by atoms with Crippen LogP contribution in [-0.2, 0) is 23.9 Å². The van der Waals surface area contributed by atoms with Gasteiger partial charge in [-0.2, -0.15) is 0 Å². The van der Waals surface area contributed by atoms with Crippen LogP contribution in [0, 0.1) is 0 Å². The van der Waals surface area contributed by atoms with Gasteiger partial charge in [-0.25, -0.2) is 9.59 Å². The van der Waals surface area contributed by atoms with Crippen molar-refractivity contribution in [3.8, 4) is 0 Å². The molecule has 10 nitrogen and oxygen atoms in total. The molecule has 0 saturated carbocycles. The van der Waals surface area contributed by atoms with E-state index in [1.807, 2.05) is 0 Å². The third-order valence-electron chi connectivity index (χ3n) is 4.31. The van der Waals surface area contributed by atoms with Gasteiger partial charge in [-0.05, 0) is 25.5 Å². The Kier molecular flexibility index (Phi) is 6.34. The summed E-state index contributed by atoms with van der Waals surface area (Å²) in [7, 11) is 1.21. The Bertz CT molecular complexity index is 823. The molecule has 0 bridgehead atoms. The predicted molar refractivity (Wildman–Crippen MR) is 96.3 cm³/mol. The fourth-order valence-corrected chi connectivity index (χ4v) is 2.52. The van der Waals surface area contributed by atoms with E-state index in [1.54, 1.807) is 26.0 Å². The maximum atomic E-state index is 12.2. The van der Waals surface area contributed by atoms with Crippen LogP contribution < -0.4 is 10.6 Å². The van der Waals surface area contributed by atoms with Crippen LogP contribution in [0.1, 0.15) is 30.6 Å². The van der Waals surface area contributed by atoms with E-state index in [-0.39, 0.29) is 11.3 Å². The lowest BCUT2D eigenvalue weighted by Gasteiger charge is -2.18. The van der Waals surface area contributed by atoms with Crippen molar-refractivity contribution in [2.24, 2.45) is 0 Å². The van der Waals surface area contributed by atoms with Gasteiger partial charge >= 0.3 is 18.0 Å². The largest absolute Gasteiger partial charge is 0.465 e. The van der Waals surface area contributed by atoms with Gasteiger partial charge in [0.15, 0.2) is 6.61 Å². The molecule has 1 aromatic carbocycles. The molecule has 1 fully saturated rings. The van der Waals surface area contributed by atoms with Crippen molar-refractivity contribution in [1.29, 1.82) is 0 Å². The summed E-state index contributed by atoms with van der Waals surface area (Å²) in [6, 6.07) is 5.48. The number of carbonyl (C=O) groups excluding carboxylic acids is 5.